The molecule has 1 fully saturated rings. The quantitative estimate of drug-likeness (QED) is 0.761. The van der Waals surface area contributed by atoms with E-state index in [0.29, 0.717) is 24.9 Å². The van der Waals surface area contributed by atoms with Crippen LogP contribution in [0.3, 0.4) is 0 Å². The number of carbonyl (C=O) groups is 1. The van der Waals surface area contributed by atoms with E-state index in [9.17, 15) is 22.4 Å². The molecule has 2 aromatic rings. The van der Waals surface area contributed by atoms with E-state index in [4.69, 9.17) is 4.74 Å². The minimum atomic E-state index is -4.45. The fraction of sp³-hybridized carbons (Fsp3) is 0.389. The number of hydrogen-bond acceptors (Lipinski definition) is 4. The van der Waals surface area contributed by atoms with Crippen molar-refractivity contribution in [1.82, 2.24) is 14.9 Å². The lowest BCUT2D eigenvalue weighted by Crippen LogP contribution is -2.45. The Morgan fingerprint density at radius 2 is 2.00 bits per heavy atom. The van der Waals surface area contributed by atoms with Crippen molar-refractivity contribution in [2.45, 2.75) is 31.5 Å². The first kappa shape index (κ1) is 19.1. The Bertz CT molecular complexity index is 796. The summed E-state index contributed by atoms with van der Waals surface area (Å²) in [4.78, 5) is 21.5. The number of alkyl halides is 3. The summed E-state index contributed by atoms with van der Waals surface area (Å²) in [6.07, 6.45) is -1.59. The smallest absolute Gasteiger partial charge is 0.416 e. The number of aromatic nitrogens is 2. The Morgan fingerprint density at radius 3 is 2.70 bits per heavy atom. The Hall–Kier alpha value is -2.71. The van der Waals surface area contributed by atoms with E-state index in [1.165, 1.54) is 12.1 Å². The molecule has 0 aliphatic carbocycles. The maximum Gasteiger partial charge on any atom is 0.416 e. The Kier molecular flexibility index (Phi) is 5.57. The van der Waals surface area contributed by atoms with E-state index in [0.717, 1.165) is 24.5 Å². The average molecular weight is 383 g/mol. The fourth-order valence-electron chi connectivity index (χ4n) is 2.92. The van der Waals surface area contributed by atoms with Gasteiger partial charge in [-0.15, -0.1) is 0 Å². The van der Waals surface area contributed by atoms with Gasteiger partial charge in [0.05, 0.1) is 30.9 Å². The number of hydrogen-bond donors (Lipinski definition) is 0. The summed E-state index contributed by atoms with van der Waals surface area (Å²) in [6.45, 7) is 0.778. The first-order chi connectivity index (χ1) is 12.8. The van der Waals surface area contributed by atoms with Gasteiger partial charge in [0.25, 0.3) is 0 Å². The summed E-state index contributed by atoms with van der Waals surface area (Å²) >= 11 is 0. The van der Waals surface area contributed by atoms with E-state index in [2.05, 4.69) is 9.97 Å². The van der Waals surface area contributed by atoms with Gasteiger partial charge in [-0.2, -0.15) is 13.2 Å². The lowest BCUT2D eigenvalue weighted by molar-refractivity contribution is -0.138. The van der Waals surface area contributed by atoms with E-state index < -0.39 is 17.6 Å². The van der Waals surface area contributed by atoms with Crippen molar-refractivity contribution in [2.75, 3.05) is 13.1 Å². The van der Waals surface area contributed by atoms with Crippen molar-refractivity contribution in [3.63, 3.8) is 0 Å². The van der Waals surface area contributed by atoms with Crippen LogP contribution in [-0.2, 0) is 17.4 Å². The summed E-state index contributed by atoms with van der Waals surface area (Å²) < 4.78 is 56.8. The molecule has 27 heavy (non-hydrogen) atoms. The van der Waals surface area contributed by atoms with Gasteiger partial charge in [0.2, 0.25) is 5.91 Å². The average Bonchev–Trinajstić information content (AvgIpc) is 2.63. The normalized spacial score (nSPS) is 17.6. The van der Waals surface area contributed by atoms with Crippen LogP contribution >= 0.6 is 0 Å². The Labute approximate surface area is 153 Å². The van der Waals surface area contributed by atoms with Crippen LogP contribution in [0.25, 0.3) is 0 Å². The molecule has 1 aromatic carbocycles. The molecule has 0 bridgehead atoms. The van der Waals surface area contributed by atoms with Crippen LogP contribution in [0, 0.1) is 5.82 Å². The molecule has 0 saturated carbocycles. The van der Waals surface area contributed by atoms with Crippen LogP contribution in [0.15, 0.2) is 36.7 Å². The molecule has 2 heterocycles. The molecule has 1 aliphatic heterocycles. The number of amides is 1. The van der Waals surface area contributed by atoms with Gasteiger partial charge in [-0.3, -0.25) is 4.79 Å². The third kappa shape index (κ3) is 5.15. The Morgan fingerprint density at radius 1 is 1.26 bits per heavy atom. The third-order valence-corrected chi connectivity index (χ3v) is 4.21. The molecule has 3 rings (SSSR count). The summed E-state index contributed by atoms with van der Waals surface area (Å²) in [5, 5.41) is 0. The fourth-order valence-corrected chi connectivity index (χ4v) is 2.92. The minimum absolute atomic E-state index is 0.0218. The molecule has 1 unspecified atom stereocenters. The predicted octanol–water partition coefficient (Wildman–Crippen LogP) is 3.25. The van der Waals surface area contributed by atoms with Crippen molar-refractivity contribution < 1.29 is 27.1 Å². The molecule has 1 atom stereocenters. The van der Waals surface area contributed by atoms with Crippen molar-refractivity contribution >= 4 is 5.91 Å². The Balaban J connectivity index is 1.60. The van der Waals surface area contributed by atoms with Gasteiger partial charge >= 0.3 is 12.2 Å². The number of halogens is 4. The van der Waals surface area contributed by atoms with Crippen LogP contribution in [0.1, 0.15) is 24.0 Å². The number of ether oxygens (including phenoxy) is 1. The molecule has 9 heteroatoms. The molecule has 144 valence electrons. The third-order valence-electron chi connectivity index (χ3n) is 4.21. The first-order valence-electron chi connectivity index (χ1n) is 8.39. The lowest BCUT2D eigenvalue weighted by Gasteiger charge is -2.32. The van der Waals surface area contributed by atoms with E-state index >= 15 is 0 Å². The van der Waals surface area contributed by atoms with Crippen molar-refractivity contribution in [3.05, 3.63) is 53.6 Å². The highest BCUT2D eigenvalue weighted by atomic mass is 19.4. The van der Waals surface area contributed by atoms with Crippen molar-refractivity contribution in [1.29, 1.82) is 0 Å². The van der Waals surface area contributed by atoms with Gasteiger partial charge in [-0.1, -0.05) is 18.2 Å². The van der Waals surface area contributed by atoms with Crippen molar-refractivity contribution in [3.8, 4) is 6.01 Å². The SMILES string of the molecule is O=C(Cc1cccc(C(F)(F)F)c1)N1CCCC(Oc2ncc(F)cn2)C1. The molecule has 0 radical (unpaired) electrons. The monoisotopic (exact) mass is 383 g/mol. The summed E-state index contributed by atoms with van der Waals surface area (Å²) in [7, 11) is 0. The second-order valence-corrected chi connectivity index (χ2v) is 6.28. The zero-order valence-corrected chi connectivity index (χ0v) is 14.2. The number of benzene rings is 1. The molecule has 5 nitrogen and oxygen atoms in total. The van der Waals surface area contributed by atoms with E-state index in [-0.39, 0.29) is 31.0 Å². The topological polar surface area (TPSA) is 55.3 Å². The molecular weight excluding hydrogens is 366 g/mol. The summed E-state index contributed by atoms with van der Waals surface area (Å²) in [6, 6.07) is 4.77. The summed E-state index contributed by atoms with van der Waals surface area (Å²) in [5.41, 5.74) is -0.471. The maximum absolute atomic E-state index is 12.8. The first-order valence-corrected chi connectivity index (χ1v) is 8.39. The molecule has 0 N–H and O–H groups in total. The predicted molar refractivity (Wildman–Crippen MR) is 87.4 cm³/mol. The zero-order chi connectivity index (χ0) is 19.4. The lowest BCUT2D eigenvalue weighted by atomic mass is 10.0. The van der Waals surface area contributed by atoms with Crippen LogP contribution < -0.4 is 4.74 Å². The molecule has 1 saturated heterocycles. The van der Waals surface area contributed by atoms with Gasteiger partial charge in [0, 0.05) is 6.54 Å². The standard InChI is InChI=1S/C18H17F4N3O2/c19-14-9-23-17(24-10-14)27-15-5-2-6-25(11-15)16(26)8-12-3-1-4-13(7-12)18(20,21)22/h1,3-4,7,9-10,15H,2,5-6,8,11H2. The van der Waals surface area contributed by atoms with Crippen LogP contribution in [0.2, 0.25) is 0 Å². The van der Waals surface area contributed by atoms with Crippen LogP contribution in [-0.4, -0.2) is 40.0 Å². The van der Waals surface area contributed by atoms with Gasteiger partial charge in [-0.05, 0) is 24.5 Å². The second-order valence-electron chi connectivity index (χ2n) is 6.28. The second kappa shape index (κ2) is 7.89. The molecule has 0 spiro atoms. The minimum Gasteiger partial charge on any atom is -0.458 e. The molecule has 1 amide bonds. The van der Waals surface area contributed by atoms with Crippen molar-refractivity contribution in [2.24, 2.45) is 0 Å². The largest absolute Gasteiger partial charge is 0.458 e. The number of piperidine rings is 1. The van der Waals surface area contributed by atoms with Gasteiger partial charge in [0.15, 0.2) is 5.82 Å². The number of carbonyl (C=O) groups excluding carboxylic acids is 1. The highest BCUT2D eigenvalue weighted by molar-refractivity contribution is 5.79. The summed E-state index contributed by atoms with van der Waals surface area (Å²) in [5.74, 6) is -0.855. The van der Waals surface area contributed by atoms with Crippen LogP contribution in [0.5, 0.6) is 6.01 Å². The van der Waals surface area contributed by atoms with Gasteiger partial charge in [-0.25, -0.2) is 14.4 Å². The highest BCUT2D eigenvalue weighted by Crippen LogP contribution is 2.29. The highest BCUT2D eigenvalue weighted by Gasteiger charge is 2.31. The molecule has 1 aliphatic rings. The number of rotatable bonds is 4. The number of nitrogens with zero attached hydrogens (tertiary/aromatic N) is 3. The van der Waals surface area contributed by atoms with E-state index in [1.54, 1.807) is 4.90 Å². The van der Waals surface area contributed by atoms with Gasteiger partial charge in [0.1, 0.15) is 6.10 Å². The molecule has 1 aromatic heterocycles. The van der Waals surface area contributed by atoms with Gasteiger partial charge < -0.3 is 9.64 Å². The molecular formula is C18H17F4N3O2. The van der Waals surface area contributed by atoms with Crippen LogP contribution in [0.4, 0.5) is 17.6 Å². The zero-order valence-electron chi connectivity index (χ0n) is 14.2. The number of likely N-dealkylation sites (tertiary alicyclic amines) is 1. The van der Waals surface area contributed by atoms with E-state index in [1.807, 2.05) is 0 Å². The maximum atomic E-state index is 12.8.